The van der Waals surface area contributed by atoms with Crippen molar-refractivity contribution in [1.82, 2.24) is 0 Å². The largest absolute Gasteiger partial charge is 0.457 e. The highest BCUT2D eigenvalue weighted by molar-refractivity contribution is 5.57. The third-order valence-electron chi connectivity index (χ3n) is 3.16. The Kier molecular flexibility index (Phi) is 4.42. The number of nitrogens with zero attached hydrogens (tertiary/aromatic N) is 1. The smallest absolute Gasteiger partial charge is 0.275 e. The summed E-state index contributed by atoms with van der Waals surface area (Å²) in [6.45, 7) is 4.16. The van der Waals surface area contributed by atoms with Crippen LogP contribution in [0.25, 0.3) is 0 Å². The summed E-state index contributed by atoms with van der Waals surface area (Å²) in [4.78, 5) is 10.5. The Hall–Kier alpha value is -2.56. The summed E-state index contributed by atoms with van der Waals surface area (Å²) in [5.41, 5.74) is 1.70. The molecule has 0 unspecified atom stereocenters. The molecule has 5 heteroatoms. The number of nitro groups is 1. The van der Waals surface area contributed by atoms with E-state index in [0.717, 1.165) is 11.3 Å². The summed E-state index contributed by atoms with van der Waals surface area (Å²) < 4.78 is 5.86. The molecule has 1 N–H and O–H groups in total. The van der Waals surface area contributed by atoms with Gasteiger partial charge >= 0.3 is 0 Å². The Balaban J connectivity index is 2.40. The Bertz CT molecular complexity index is 654. The number of anilines is 1. The highest BCUT2D eigenvalue weighted by atomic mass is 16.6. The van der Waals surface area contributed by atoms with Crippen LogP contribution >= 0.6 is 0 Å². The molecule has 2 aromatic carbocycles. The second-order valence-corrected chi connectivity index (χ2v) is 5.02. The third-order valence-corrected chi connectivity index (χ3v) is 3.16. The Morgan fingerprint density at radius 1 is 1.19 bits per heavy atom. The van der Waals surface area contributed by atoms with Crippen LogP contribution in [0.2, 0.25) is 0 Å². The van der Waals surface area contributed by atoms with Crippen LogP contribution in [0, 0.1) is 10.1 Å². The van der Waals surface area contributed by atoms with Gasteiger partial charge in [-0.1, -0.05) is 32.0 Å². The predicted molar refractivity (Wildman–Crippen MR) is 83.2 cm³/mol. The first-order valence-electron chi connectivity index (χ1n) is 6.75. The van der Waals surface area contributed by atoms with E-state index in [1.165, 1.54) is 12.1 Å². The molecule has 0 heterocycles. The molecule has 2 rings (SSSR count). The van der Waals surface area contributed by atoms with Crippen molar-refractivity contribution in [1.29, 1.82) is 0 Å². The molecule has 2 aromatic rings. The number of nitrogens with one attached hydrogen (secondary N) is 1. The molecule has 0 aromatic heterocycles. The van der Waals surface area contributed by atoms with Crippen molar-refractivity contribution in [3.8, 4) is 11.5 Å². The molecule has 110 valence electrons. The van der Waals surface area contributed by atoms with Crippen molar-refractivity contribution in [2.24, 2.45) is 0 Å². The summed E-state index contributed by atoms with van der Waals surface area (Å²) in [5, 5.41) is 13.9. The minimum Gasteiger partial charge on any atom is -0.457 e. The molecule has 0 aliphatic rings. The SMILES string of the molecule is CNc1cc(Oc2ccccc2C(C)C)cc([N+](=O)[O-])c1. The van der Waals surface area contributed by atoms with E-state index >= 15 is 0 Å². The molecule has 0 aliphatic carbocycles. The fraction of sp³-hybridized carbons (Fsp3) is 0.250. The Morgan fingerprint density at radius 2 is 1.90 bits per heavy atom. The number of nitro benzene ring substituents is 1. The minimum atomic E-state index is -0.429. The zero-order chi connectivity index (χ0) is 15.4. The summed E-state index contributed by atoms with van der Waals surface area (Å²) in [6.07, 6.45) is 0. The molecular weight excluding hydrogens is 268 g/mol. The van der Waals surface area contributed by atoms with Crippen LogP contribution in [0.5, 0.6) is 11.5 Å². The second-order valence-electron chi connectivity index (χ2n) is 5.02. The van der Waals surface area contributed by atoms with Gasteiger partial charge < -0.3 is 10.1 Å². The van der Waals surface area contributed by atoms with Crippen molar-refractivity contribution in [3.05, 3.63) is 58.1 Å². The van der Waals surface area contributed by atoms with E-state index in [1.807, 2.05) is 24.3 Å². The van der Waals surface area contributed by atoms with Crippen molar-refractivity contribution in [3.63, 3.8) is 0 Å². The zero-order valence-electron chi connectivity index (χ0n) is 12.3. The monoisotopic (exact) mass is 286 g/mol. The molecular formula is C16H18N2O3. The molecule has 21 heavy (non-hydrogen) atoms. The molecule has 0 spiro atoms. The lowest BCUT2D eigenvalue weighted by molar-refractivity contribution is -0.384. The van der Waals surface area contributed by atoms with E-state index in [2.05, 4.69) is 19.2 Å². The fourth-order valence-corrected chi connectivity index (χ4v) is 2.07. The lowest BCUT2D eigenvalue weighted by Gasteiger charge is -2.14. The lowest BCUT2D eigenvalue weighted by Crippen LogP contribution is -1.96. The molecule has 0 saturated heterocycles. The van der Waals surface area contributed by atoms with Gasteiger partial charge in [-0.2, -0.15) is 0 Å². The maximum Gasteiger partial charge on any atom is 0.275 e. The van der Waals surface area contributed by atoms with E-state index < -0.39 is 4.92 Å². The maximum atomic E-state index is 11.0. The molecule has 0 saturated carbocycles. The predicted octanol–water partition coefficient (Wildman–Crippen LogP) is 4.55. The second kappa shape index (κ2) is 6.26. The number of para-hydroxylation sites is 1. The van der Waals surface area contributed by atoms with Crippen molar-refractivity contribution >= 4 is 11.4 Å². The normalized spacial score (nSPS) is 10.5. The number of non-ortho nitro benzene ring substituents is 1. The molecule has 0 atom stereocenters. The Morgan fingerprint density at radius 3 is 2.52 bits per heavy atom. The third kappa shape index (κ3) is 3.51. The topological polar surface area (TPSA) is 64.4 Å². The summed E-state index contributed by atoms with van der Waals surface area (Å²) in [6, 6.07) is 12.3. The first kappa shape index (κ1) is 14.8. The van der Waals surface area contributed by atoms with E-state index in [-0.39, 0.29) is 5.69 Å². The minimum absolute atomic E-state index is 0.00104. The lowest BCUT2D eigenvalue weighted by atomic mass is 10.0. The Labute approximate surface area is 123 Å². The van der Waals surface area contributed by atoms with E-state index in [1.54, 1.807) is 13.1 Å². The number of hydrogen-bond donors (Lipinski definition) is 1. The van der Waals surface area contributed by atoms with Gasteiger partial charge in [0.1, 0.15) is 11.5 Å². The standard InChI is InChI=1S/C16H18N2O3/c1-11(2)15-6-4-5-7-16(15)21-14-9-12(17-3)8-13(10-14)18(19)20/h4-11,17H,1-3H3. The van der Waals surface area contributed by atoms with Crippen LogP contribution in [0.3, 0.4) is 0 Å². The van der Waals surface area contributed by atoms with Crippen LogP contribution in [-0.4, -0.2) is 12.0 Å². The van der Waals surface area contributed by atoms with Crippen LogP contribution in [0.15, 0.2) is 42.5 Å². The molecule has 0 bridgehead atoms. The van der Waals surface area contributed by atoms with Gasteiger partial charge in [0, 0.05) is 24.9 Å². The van der Waals surface area contributed by atoms with Crippen molar-refractivity contribution < 1.29 is 9.66 Å². The fourth-order valence-electron chi connectivity index (χ4n) is 2.07. The maximum absolute atomic E-state index is 11.0. The molecule has 5 nitrogen and oxygen atoms in total. The summed E-state index contributed by atoms with van der Waals surface area (Å²) >= 11 is 0. The molecule has 0 fully saturated rings. The highest BCUT2D eigenvalue weighted by Crippen LogP contribution is 2.33. The molecule has 0 amide bonds. The van der Waals surface area contributed by atoms with Crippen molar-refractivity contribution in [2.75, 3.05) is 12.4 Å². The van der Waals surface area contributed by atoms with Gasteiger partial charge in [0.05, 0.1) is 11.0 Å². The zero-order valence-corrected chi connectivity index (χ0v) is 12.3. The van der Waals surface area contributed by atoms with Gasteiger partial charge in [0.2, 0.25) is 0 Å². The summed E-state index contributed by atoms with van der Waals surface area (Å²) in [5.74, 6) is 1.47. The van der Waals surface area contributed by atoms with E-state index in [9.17, 15) is 10.1 Å². The van der Waals surface area contributed by atoms with Gasteiger partial charge in [-0.05, 0) is 17.5 Å². The van der Waals surface area contributed by atoms with Gasteiger partial charge in [-0.15, -0.1) is 0 Å². The number of benzene rings is 2. The van der Waals surface area contributed by atoms with Crippen LogP contribution in [-0.2, 0) is 0 Å². The number of hydrogen-bond acceptors (Lipinski definition) is 4. The highest BCUT2D eigenvalue weighted by Gasteiger charge is 2.13. The van der Waals surface area contributed by atoms with E-state index in [0.29, 0.717) is 17.4 Å². The van der Waals surface area contributed by atoms with Crippen LogP contribution in [0.4, 0.5) is 11.4 Å². The van der Waals surface area contributed by atoms with Gasteiger partial charge in [0.25, 0.3) is 5.69 Å². The van der Waals surface area contributed by atoms with Gasteiger partial charge in [-0.25, -0.2) is 0 Å². The quantitative estimate of drug-likeness (QED) is 0.646. The van der Waals surface area contributed by atoms with Crippen molar-refractivity contribution in [2.45, 2.75) is 19.8 Å². The van der Waals surface area contributed by atoms with Crippen LogP contribution < -0.4 is 10.1 Å². The van der Waals surface area contributed by atoms with E-state index in [4.69, 9.17) is 4.74 Å². The van der Waals surface area contributed by atoms with Gasteiger partial charge in [-0.3, -0.25) is 10.1 Å². The first-order chi connectivity index (χ1) is 10.0. The summed E-state index contributed by atoms with van der Waals surface area (Å²) in [7, 11) is 1.71. The molecule has 0 aliphatic heterocycles. The molecule has 0 radical (unpaired) electrons. The first-order valence-corrected chi connectivity index (χ1v) is 6.75. The van der Waals surface area contributed by atoms with Crippen LogP contribution in [0.1, 0.15) is 25.3 Å². The number of rotatable bonds is 5. The number of ether oxygens (including phenoxy) is 1. The average Bonchev–Trinajstić information content (AvgIpc) is 2.47. The van der Waals surface area contributed by atoms with Gasteiger partial charge in [0.15, 0.2) is 0 Å². The average molecular weight is 286 g/mol.